The quantitative estimate of drug-likeness (QED) is 0.682. The van der Waals surface area contributed by atoms with Crippen LogP contribution < -0.4 is 5.32 Å². The van der Waals surface area contributed by atoms with Gasteiger partial charge in [0, 0.05) is 26.0 Å². The summed E-state index contributed by atoms with van der Waals surface area (Å²) in [6.45, 7) is 1.68. The molecule has 1 N–H and O–H groups in total. The van der Waals surface area contributed by atoms with Gasteiger partial charge in [-0.15, -0.1) is 0 Å². The zero-order valence-corrected chi connectivity index (χ0v) is 8.53. The molecular weight excluding hydrogens is 178 g/mol. The average molecular weight is 195 g/mol. The Hall–Kier alpha value is -0.800. The molecule has 1 heterocycles. The topological polar surface area (TPSA) is 30.5 Å². The van der Waals surface area contributed by atoms with E-state index in [9.17, 15) is 0 Å². The van der Waals surface area contributed by atoms with Gasteiger partial charge in [-0.3, -0.25) is 0 Å². The Kier molecular flexibility index (Phi) is 3.22. The fourth-order valence-electron chi connectivity index (χ4n) is 1.74. The molecule has 3 heteroatoms. The maximum atomic E-state index is 5.73. The first-order valence-electron chi connectivity index (χ1n) is 5.21. The van der Waals surface area contributed by atoms with Crippen LogP contribution in [0.5, 0.6) is 0 Å². The molecule has 1 aliphatic heterocycles. The molecule has 0 spiro atoms. The molecule has 2 aliphatic rings. The second-order valence-corrected chi connectivity index (χ2v) is 3.61. The summed E-state index contributed by atoms with van der Waals surface area (Å²) in [5, 5.41) is 3.11. The third-order valence-electron chi connectivity index (χ3n) is 2.58. The minimum absolute atomic E-state index is 0.0859. The van der Waals surface area contributed by atoms with E-state index in [0.717, 1.165) is 31.8 Å². The molecule has 0 amide bonds. The standard InChI is InChI=1S/C11H17NO2/c1-12-9-4-5-10-11(8-9)14-7-3-2-6-13-10/h4-5,8,10-12H,2-3,6-7H2,1H3. The molecule has 0 saturated carbocycles. The third-order valence-corrected chi connectivity index (χ3v) is 2.58. The van der Waals surface area contributed by atoms with Crippen molar-refractivity contribution in [3.8, 4) is 0 Å². The Morgan fingerprint density at radius 1 is 1.21 bits per heavy atom. The summed E-state index contributed by atoms with van der Waals surface area (Å²) in [5.41, 5.74) is 1.11. The van der Waals surface area contributed by atoms with E-state index in [1.165, 1.54) is 0 Å². The van der Waals surface area contributed by atoms with Crippen LogP contribution >= 0.6 is 0 Å². The molecule has 1 fully saturated rings. The molecule has 1 saturated heterocycles. The predicted octanol–water partition coefficient (Wildman–Crippen LogP) is 1.22. The molecule has 78 valence electrons. The number of hydrogen-bond donors (Lipinski definition) is 1. The van der Waals surface area contributed by atoms with Gasteiger partial charge in [0.25, 0.3) is 0 Å². The van der Waals surface area contributed by atoms with Crippen LogP contribution in [-0.4, -0.2) is 32.5 Å². The Labute approximate surface area is 84.8 Å². The first-order chi connectivity index (χ1) is 6.90. The smallest absolute Gasteiger partial charge is 0.108 e. The Morgan fingerprint density at radius 2 is 1.93 bits per heavy atom. The molecule has 2 rings (SSSR count). The summed E-state index contributed by atoms with van der Waals surface area (Å²) < 4.78 is 11.4. The van der Waals surface area contributed by atoms with Crippen molar-refractivity contribution in [3.05, 3.63) is 23.9 Å². The normalized spacial score (nSPS) is 32.5. The highest BCUT2D eigenvalue weighted by molar-refractivity contribution is 5.26. The number of rotatable bonds is 1. The molecule has 0 aromatic heterocycles. The van der Waals surface area contributed by atoms with Crippen LogP contribution in [0.25, 0.3) is 0 Å². The van der Waals surface area contributed by atoms with Gasteiger partial charge in [0.05, 0.1) is 0 Å². The SMILES string of the molecule is CNC1=CC2OCCCCOC2C=C1. The Bertz CT molecular complexity index is 248. The summed E-state index contributed by atoms with van der Waals surface area (Å²) in [6, 6.07) is 0. The van der Waals surface area contributed by atoms with Crippen LogP contribution in [0, 0.1) is 0 Å². The van der Waals surface area contributed by atoms with Crippen LogP contribution in [0.2, 0.25) is 0 Å². The van der Waals surface area contributed by atoms with E-state index in [-0.39, 0.29) is 12.2 Å². The highest BCUT2D eigenvalue weighted by Crippen LogP contribution is 2.18. The highest BCUT2D eigenvalue weighted by Gasteiger charge is 2.23. The van der Waals surface area contributed by atoms with Crippen LogP contribution in [0.1, 0.15) is 12.8 Å². The van der Waals surface area contributed by atoms with Crippen LogP contribution in [0.15, 0.2) is 23.9 Å². The van der Waals surface area contributed by atoms with Crippen molar-refractivity contribution in [2.45, 2.75) is 25.0 Å². The fraction of sp³-hybridized carbons (Fsp3) is 0.636. The number of likely N-dealkylation sites (N-methyl/N-ethyl adjacent to an activating group) is 1. The van der Waals surface area contributed by atoms with E-state index in [0.29, 0.717) is 0 Å². The van der Waals surface area contributed by atoms with E-state index in [2.05, 4.69) is 17.5 Å². The number of hydrogen-bond acceptors (Lipinski definition) is 3. The monoisotopic (exact) mass is 195 g/mol. The molecule has 0 aromatic carbocycles. The summed E-state index contributed by atoms with van der Waals surface area (Å²) in [7, 11) is 1.92. The van der Waals surface area contributed by atoms with E-state index >= 15 is 0 Å². The average Bonchev–Trinajstić information content (AvgIpc) is 2.18. The zero-order valence-electron chi connectivity index (χ0n) is 8.53. The largest absolute Gasteiger partial charge is 0.388 e. The van der Waals surface area contributed by atoms with Gasteiger partial charge in [-0.1, -0.05) is 6.08 Å². The summed E-state index contributed by atoms with van der Waals surface area (Å²) in [6.07, 6.45) is 8.59. The lowest BCUT2D eigenvalue weighted by molar-refractivity contribution is -0.0508. The summed E-state index contributed by atoms with van der Waals surface area (Å²) in [5.74, 6) is 0. The Morgan fingerprint density at radius 3 is 2.64 bits per heavy atom. The lowest BCUT2D eigenvalue weighted by Crippen LogP contribution is -2.34. The maximum absolute atomic E-state index is 5.73. The van der Waals surface area contributed by atoms with Gasteiger partial charge in [-0.25, -0.2) is 0 Å². The van der Waals surface area contributed by atoms with Crippen molar-refractivity contribution in [3.63, 3.8) is 0 Å². The van der Waals surface area contributed by atoms with E-state index in [1.54, 1.807) is 0 Å². The maximum Gasteiger partial charge on any atom is 0.108 e. The molecule has 2 atom stereocenters. The van der Waals surface area contributed by atoms with Gasteiger partial charge in [-0.2, -0.15) is 0 Å². The number of ether oxygens (including phenoxy) is 2. The molecule has 0 aromatic rings. The van der Waals surface area contributed by atoms with Crippen molar-refractivity contribution in [1.29, 1.82) is 0 Å². The molecule has 1 aliphatic carbocycles. The van der Waals surface area contributed by atoms with Crippen molar-refractivity contribution in [1.82, 2.24) is 5.32 Å². The second-order valence-electron chi connectivity index (χ2n) is 3.61. The molecule has 3 nitrogen and oxygen atoms in total. The third kappa shape index (κ3) is 2.16. The molecule has 0 bridgehead atoms. The molecule has 0 radical (unpaired) electrons. The van der Waals surface area contributed by atoms with Crippen molar-refractivity contribution in [2.75, 3.05) is 20.3 Å². The minimum atomic E-state index is 0.0859. The first kappa shape index (κ1) is 9.74. The lowest BCUT2D eigenvalue weighted by Gasteiger charge is -2.28. The van der Waals surface area contributed by atoms with Gasteiger partial charge in [0.2, 0.25) is 0 Å². The van der Waals surface area contributed by atoms with E-state index in [1.807, 2.05) is 13.1 Å². The van der Waals surface area contributed by atoms with Gasteiger partial charge < -0.3 is 14.8 Å². The second kappa shape index (κ2) is 4.62. The van der Waals surface area contributed by atoms with Crippen molar-refractivity contribution in [2.24, 2.45) is 0 Å². The zero-order chi connectivity index (χ0) is 9.80. The minimum Gasteiger partial charge on any atom is -0.388 e. The number of allylic oxidation sites excluding steroid dienone is 1. The number of fused-ring (bicyclic) bond motifs is 1. The Balaban J connectivity index is 2.04. The summed E-state index contributed by atoms with van der Waals surface area (Å²) in [4.78, 5) is 0. The molecule has 14 heavy (non-hydrogen) atoms. The van der Waals surface area contributed by atoms with E-state index < -0.39 is 0 Å². The van der Waals surface area contributed by atoms with Gasteiger partial charge in [-0.05, 0) is 25.0 Å². The predicted molar refractivity (Wildman–Crippen MR) is 55.0 cm³/mol. The van der Waals surface area contributed by atoms with Crippen molar-refractivity contribution >= 4 is 0 Å². The van der Waals surface area contributed by atoms with Gasteiger partial charge in [0.15, 0.2) is 0 Å². The van der Waals surface area contributed by atoms with Gasteiger partial charge >= 0.3 is 0 Å². The van der Waals surface area contributed by atoms with Gasteiger partial charge in [0.1, 0.15) is 12.2 Å². The van der Waals surface area contributed by atoms with Crippen LogP contribution in [0.4, 0.5) is 0 Å². The van der Waals surface area contributed by atoms with Crippen LogP contribution in [-0.2, 0) is 9.47 Å². The highest BCUT2D eigenvalue weighted by atomic mass is 16.5. The fourth-order valence-corrected chi connectivity index (χ4v) is 1.74. The number of nitrogens with one attached hydrogen (secondary N) is 1. The van der Waals surface area contributed by atoms with Crippen LogP contribution in [0.3, 0.4) is 0 Å². The van der Waals surface area contributed by atoms with Crippen molar-refractivity contribution < 1.29 is 9.47 Å². The van der Waals surface area contributed by atoms with E-state index in [4.69, 9.17) is 9.47 Å². The first-order valence-corrected chi connectivity index (χ1v) is 5.21. The molecule has 2 unspecified atom stereocenters. The molecular formula is C11H17NO2. The summed E-state index contributed by atoms with van der Waals surface area (Å²) >= 11 is 0. The lowest BCUT2D eigenvalue weighted by atomic mass is 10.1.